The van der Waals surface area contributed by atoms with Gasteiger partial charge in [0, 0.05) is 5.69 Å². The maximum Gasteiger partial charge on any atom is 0.282 e. The third kappa shape index (κ3) is 3.39. The highest BCUT2D eigenvalue weighted by Crippen LogP contribution is 2.35. The Morgan fingerprint density at radius 2 is 1.47 bits per heavy atom. The monoisotopic (exact) mass is 400 g/mol. The first-order valence-electron chi connectivity index (χ1n) is 9.65. The highest BCUT2D eigenvalue weighted by Gasteiger charge is 2.40. The van der Waals surface area contributed by atoms with Crippen LogP contribution >= 0.6 is 0 Å². The molecule has 0 spiro atoms. The quantitative estimate of drug-likeness (QED) is 0.617. The van der Waals surface area contributed by atoms with E-state index in [4.69, 9.17) is 0 Å². The summed E-state index contributed by atoms with van der Waals surface area (Å²) in [6, 6.07) is 18.6. The summed E-state index contributed by atoms with van der Waals surface area (Å²) in [5.74, 6) is -1.20. The SMILES string of the molecule is Cc1ccc(C2=C(Nc3ccc(F)cc3)C(=O)N(c3ccccc3C)C2=O)cc1C. The molecule has 0 radical (unpaired) electrons. The van der Waals surface area contributed by atoms with Crippen molar-refractivity contribution in [2.24, 2.45) is 0 Å². The summed E-state index contributed by atoms with van der Waals surface area (Å²) in [7, 11) is 0. The summed E-state index contributed by atoms with van der Waals surface area (Å²) >= 11 is 0. The zero-order chi connectivity index (χ0) is 21.4. The molecule has 0 atom stereocenters. The molecular weight excluding hydrogens is 379 g/mol. The smallest absolute Gasteiger partial charge is 0.282 e. The van der Waals surface area contributed by atoms with E-state index in [0.717, 1.165) is 16.7 Å². The predicted molar refractivity (Wildman–Crippen MR) is 117 cm³/mol. The number of nitrogens with zero attached hydrogens (tertiary/aromatic N) is 1. The lowest BCUT2D eigenvalue weighted by atomic mass is 9.99. The van der Waals surface area contributed by atoms with Crippen LogP contribution in [0, 0.1) is 26.6 Å². The van der Waals surface area contributed by atoms with Crippen LogP contribution in [0.1, 0.15) is 22.3 Å². The first kappa shape index (κ1) is 19.6. The molecule has 1 heterocycles. The Morgan fingerprint density at radius 1 is 0.767 bits per heavy atom. The molecule has 2 amide bonds. The molecule has 4 nitrogen and oxygen atoms in total. The lowest BCUT2D eigenvalue weighted by Gasteiger charge is -2.17. The molecule has 1 aliphatic heterocycles. The van der Waals surface area contributed by atoms with E-state index in [1.807, 2.05) is 51.1 Å². The van der Waals surface area contributed by atoms with Crippen LogP contribution in [0.3, 0.4) is 0 Å². The number of hydrogen-bond acceptors (Lipinski definition) is 3. The molecule has 3 aromatic carbocycles. The number of imide groups is 1. The normalized spacial score (nSPS) is 13.9. The molecule has 150 valence electrons. The van der Waals surface area contributed by atoms with E-state index in [9.17, 15) is 14.0 Å². The topological polar surface area (TPSA) is 49.4 Å². The maximum atomic E-state index is 13.5. The van der Waals surface area contributed by atoms with Crippen LogP contribution in [0.2, 0.25) is 0 Å². The van der Waals surface area contributed by atoms with Gasteiger partial charge in [-0.15, -0.1) is 0 Å². The van der Waals surface area contributed by atoms with Gasteiger partial charge in [-0.2, -0.15) is 0 Å². The minimum atomic E-state index is -0.438. The van der Waals surface area contributed by atoms with Crippen LogP contribution in [0.5, 0.6) is 0 Å². The van der Waals surface area contributed by atoms with Crippen molar-refractivity contribution in [3.63, 3.8) is 0 Å². The second kappa shape index (κ2) is 7.59. The van der Waals surface area contributed by atoms with E-state index in [2.05, 4.69) is 5.32 Å². The van der Waals surface area contributed by atoms with Gasteiger partial charge >= 0.3 is 0 Å². The minimum Gasteiger partial charge on any atom is -0.350 e. The third-order valence-corrected chi connectivity index (χ3v) is 5.35. The molecule has 1 aliphatic rings. The van der Waals surface area contributed by atoms with Crippen molar-refractivity contribution in [3.05, 3.63) is 100 Å². The molecule has 5 heteroatoms. The molecule has 0 aromatic heterocycles. The second-order valence-corrected chi connectivity index (χ2v) is 7.41. The van der Waals surface area contributed by atoms with Gasteiger partial charge in [-0.1, -0.05) is 36.4 Å². The van der Waals surface area contributed by atoms with Crippen molar-refractivity contribution >= 4 is 28.8 Å². The molecule has 0 saturated heterocycles. The van der Waals surface area contributed by atoms with Crippen LogP contribution in [-0.4, -0.2) is 11.8 Å². The molecule has 0 fully saturated rings. The van der Waals surface area contributed by atoms with Crippen molar-refractivity contribution in [2.45, 2.75) is 20.8 Å². The fourth-order valence-corrected chi connectivity index (χ4v) is 3.52. The Labute approximate surface area is 174 Å². The Bertz CT molecular complexity index is 1200. The fourth-order valence-electron chi connectivity index (χ4n) is 3.52. The molecular formula is C25H21FN2O2. The Kier molecular flexibility index (Phi) is 4.96. The van der Waals surface area contributed by atoms with E-state index in [1.54, 1.807) is 12.1 Å². The lowest BCUT2D eigenvalue weighted by Crippen LogP contribution is -2.33. The van der Waals surface area contributed by atoms with Crippen molar-refractivity contribution in [2.75, 3.05) is 10.2 Å². The second-order valence-electron chi connectivity index (χ2n) is 7.41. The number of aryl methyl sites for hydroxylation is 3. The summed E-state index contributed by atoms with van der Waals surface area (Å²) < 4.78 is 13.3. The third-order valence-electron chi connectivity index (χ3n) is 5.35. The summed E-state index contributed by atoms with van der Waals surface area (Å²) in [6.45, 7) is 5.82. The number of anilines is 2. The van der Waals surface area contributed by atoms with Gasteiger partial charge in [0.2, 0.25) is 0 Å². The van der Waals surface area contributed by atoms with Gasteiger partial charge < -0.3 is 5.32 Å². The number of carbonyl (C=O) groups is 2. The van der Waals surface area contributed by atoms with Crippen LogP contribution in [-0.2, 0) is 9.59 Å². The molecule has 4 rings (SSSR count). The van der Waals surface area contributed by atoms with Crippen LogP contribution in [0.4, 0.5) is 15.8 Å². The van der Waals surface area contributed by atoms with Crippen molar-refractivity contribution in [1.29, 1.82) is 0 Å². The number of halogens is 1. The van der Waals surface area contributed by atoms with Crippen LogP contribution in [0.25, 0.3) is 5.57 Å². The van der Waals surface area contributed by atoms with Crippen molar-refractivity contribution < 1.29 is 14.0 Å². The van der Waals surface area contributed by atoms with Gasteiger partial charge in [-0.3, -0.25) is 9.59 Å². The van der Waals surface area contributed by atoms with E-state index in [1.165, 1.54) is 29.2 Å². The van der Waals surface area contributed by atoms with E-state index < -0.39 is 5.91 Å². The van der Waals surface area contributed by atoms with E-state index >= 15 is 0 Å². The predicted octanol–water partition coefficient (Wildman–Crippen LogP) is 5.15. The molecule has 0 aliphatic carbocycles. The van der Waals surface area contributed by atoms with E-state index in [-0.39, 0.29) is 17.4 Å². The Morgan fingerprint density at radius 3 is 2.13 bits per heavy atom. The molecule has 1 N–H and O–H groups in total. The molecule has 30 heavy (non-hydrogen) atoms. The number of amides is 2. The van der Waals surface area contributed by atoms with Crippen molar-refractivity contribution in [1.82, 2.24) is 0 Å². The lowest BCUT2D eigenvalue weighted by molar-refractivity contribution is -0.120. The average molecular weight is 400 g/mol. The summed E-state index contributed by atoms with van der Waals surface area (Å²) in [5.41, 5.74) is 5.16. The van der Waals surface area contributed by atoms with Gasteiger partial charge in [0.25, 0.3) is 11.8 Å². The number of hydrogen-bond donors (Lipinski definition) is 1. The maximum absolute atomic E-state index is 13.5. The Hall–Kier alpha value is -3.73. The number of nitrogens with one attached hydrogen (secondary N) is 1. The van der Waals surface area contributed by atoms with Gasteiger partial charge in [-0.05, 0) is 73.4 Å². The first-order valence-corrected chi connectivity index (χ1v) is 9.65. The average Bonchev–Trinajstić information content (AvgIpc) is 2.96. The van der Waals surface area contributed by atoms with Crippen LogP contribution in [0.15, 0.2) is 72.4 Å². The summed E-state index contributed by atoms with van der Waals surface area (Å²) in [4.78, 5) is 28.1. The number of rotatable bonds is 4. The summed E-state index contributed by atoms with van der Waals surface area (Å²) in [5, 5.41) is 3.05. The van der Waals surface area contributed by atoms with Gasteiger partial charge in [0.1, 0.15) is 11.5 Å². The Balaban J connectivity index is 1.86. The zero-order valence-electron chi connectivity index (χ0n) is 17.0. The summed E-state index contributed by atoms with van der Waals surface area (Å²) in [6.07, 6.45) is 0. The van der Waals surface area contributed by atoms with Crippen LogP contribution < -0.4 is 10.2 Å². The van der Waals surface area contributed by atoms with Gasteiger partial charge in [-0.25, -0.2) is 9.29 Å². The highest BCUT2D eigenvalue weighted by atomic mass is 19.1. The largest absolute Gasteiger partial charge is 0.350 e. The molecule has 3 aromatic rings. The molecule has 0 bridgehead atoms. The first-order chi connectivity index (χ1) is 14.4. The fraction of sp³-hybridized carbons (Fsp3) is 0.120. The zero-order valence-corrected chi connectivity index (χ0v) is 17.0. The standard InChI is InChI=1S/C25H21FN2O2/c1-15-8-9-18(14-17(15)3)22-23(27-20-12-10-19(26)11-13-20)25(30)28(24(22)29)21-7-5-4-6-16(21)2/h4-14,27H,1-3H3. The number of benzene rings is 3. The molecule has 0 saturated carbocycles. The minimum absolute atomic E-state index is 0.179. The highest BCUT2D eigenvalue weighted by molar-refractivity contribution is 6.46. The number of para-hydroxylation sites is 1. The van der Waals surface area contributed by atoms with Gasteiger partial charge in [0.15, 0.2) is 0 Å². The molecule has 0 unspecified atom stereocenters. The number of carbonyl (C=O) groups excluding carboxylic acids is 2. The van der Waals surface area contributed by atoms with E-state index in [0.29, 0.717) is 22.5 Å². The van der Waals surface area contributed by atoms with Gasteiger partial charge in [0.05, 0.1) is 11.3 Å². The van der Waals surface area contributed by atoms with Crippen molar-refractivity contribution in [3.8, 4) is 0 Å².